The second-order valence-corrected chi connectivity index (χ2v) is 9.65. The molecule has 7 nitrogen and oxygen atoms in total. The molecule has 0 aliphatic rings. The summed E-state index contributed by atoms with van der Waals surface area (Å²) >= 11 is 0. The predicted molar refractivity (Wildman–Crippen MR) is 142 cm³/mol. The van der Waals surface area contributed by atoms with Gasteiger partial charge < -0.3 is 20.0 Å². The van der Waals surface area contributed by atoms with Crippen LogP contribution in [0.5, 0.6) is 5.75 Å². The summed E-state index contributed by atoms with van der Waals surface area (Å²) in [5, 5.41) is 15.6. The second-order valence-electron chi connectivity index (χ2n) is 9.65. The van der Waals surface area contributed by atoms with Gasteiger partial charge >= 0.3 is 12.1 Å². The topological polar surface area (TPSA) is 97.2 Å². The number of aromatic carboxylic acids is 1. The minimum Gasteiger partial charge on any atom is -0.493 e. The third-order valence-corrected chi connectivity index (χ3v) is 5.65. The molecule has 10 heteroatoms. The number of hydrogen-bond acceptors (Lipinski definition) is 5. The molecule has 0 unspecified atom stereocenters. The number of carboxylic acids is 1. The largest absolute Gasteiger partial charge is 0.493 e. The van der Waals surface area contributed by atoms with Gasteiger partial charge in [0.25, 0.3) is 5.91 Å². The summed E-state index contributed by atoms with van der Waals surface area (Å²) in [6.07, 6.45) is -2.71. The van der Waals surface area contributed by atoms with Crippen molar-refractivity contribution in [3.8, 4) is 5.75 Å². The van der Waals surface area contributed by atoms with E-state index in [0.717, 1.165) is 23.8 Å². The normalized spacial score (nSPS) is 11.8. The van der Waals surface area contributed by atoms with E-state index in [-0.39, 0.29) is 35.6 Å². The summed E-state index contributed by atoms with van der Waals surface area (Å²) < 4.78 is 45.5. The maximum absolute atomic E-state index is 13.3. The van der Waals surface area contributed by atoms with Gasteiger partial charge in [0.2, 0.25) is 0 Å². The van der Waals surface area contributed by atoms with Gasteiger partial charge in [0.15, 0.2) is 0 Å². The molecule has 0 aliphatic carbocycles. The molecule has 0 aliphatic heterocycles. The van der Waals surface area contributed by atoms with Crippen LogP contribution in [0.25, 0.3) is 0 Å². The van der Waals surface area contributed by atoms with E-state index in [1.807, 2.05) is 24.3 Å². The predicted octanol–water partition coefficient (Wildman–Crippen LogP) is 6.77. The SMILES string of the molecule is CC(C)(C)c1ccc(/C=N\OCCCOc2ccc(C(=O)O)c(NC(=O)c3ccccc3C(F)(F)F)c2)cc1. The zero-order valence-corrected chi connectivity index (χ0v) is 21.7. The number of benzene rings is 3. The van der Waals surface area contributed by atoms with Crippen LogP contribution in [-0.4, -0.2) is 36.4 Å². The summed E-state index contributed by atoms with van der Waals surface area (Å²) in [7, 11) is 0. The van der Waals surface area contributed by atoms with Gasteiger partial charge in [0, 0.05) is 12.5 Å². The van der Waals surface area contributed by atoms with Crippen LogP contribution in [0.4, 0.5) is 18.9 Å². The monoisotopic (exact) mass is 542 g/mol. The zero-order chi connectivity index (χ0) is 28.6. The molecule has 0 atom stereocenters. The van der Waals surface area contributed by atoms with E-state index in [9.17, 15) is 27.9 Å². The van der Waals surface area contributed by atoms with Crippen LogP contribution in [0, 0.1) is 0 Å². The lowest BCUT2D eigenvalue weighted by Gasteiger charge is -2.18. The number of halogens is 3. The summed E-state index contributed by atoms with van der Waals surface area (Å²) in [4.78, 5) is 29.5. The Balaban J connectivity index is 1.56. The van der Waals surface area contributed by atoms with Gasteiger partial charge in [-0.05, 0) is 40.8 Å². The van der Waals surface area contributed by atoms with Crippen molar-refractivity contribution in [2.75, 3.05) is 18.5 Å². The van der Waals surface area contributed by atoms with E-state index in [4.69, 9.17) is 9.57 Å². The zero-order valence-electron chi connectivity index (χ0n) is 21.7. The fraction of sp³-hybridized carbons (Fsp3) is 0.276. The number of rotatable bonds is 10. The van der Waals surface area contributed by atoms with Gasteiger partial charge in [-0.25, -0.2) is 4.79 Å². The molecular formula is C29H29F3N2O5. The Kier molecular flexibility index (Phi) is 9.34. The molecule has 3 aromatic rings. The van der Waals surface area contributed by atoms with Gasteiger partial charge in [-0.15, -0.1) is 0 Å². The van der Waals surface area contributed by atoms with Gasteiger partial charge in [-0.2, -0.15) is 13.2 Å². The highest BCUT2D eigenvalue weighted by Crippen LogP contribution is 2.32. The smallest absolute Gasteiger partial charge is 0.417 e. The number of carbonyl (C=O) groups is 2. The third kappa shape index (κ3) is 8.33. The Morgan fingerprint density at radius 3 is 2.28 bits per heavy atom. The van der Waals surface area contributed by atoms with Crippen LogP contribution in [0.15, 0.2) is 71.9 Å². The van der Waals surface area contributed by atoms with E-state index in [2.05, 4.69) is 31.2 Å². The van der Waals surface area contributed by atoms with E-state index in [1.165, 1.54) is 29.8 Å². The Hall–Kier alpha value is -4.34. The first-order valence-corrected chi connectivity index (χ1v) is 12.1. The highest BCUT2D eigenvalue weighted by molar-refractivity contribution is 6.08. The van der Waals surface area contributed by atoms with Crippen molar-refractivity contribution in [3.63, 3.8) is 0 Å². The number of ether oxygens (including phenoxy) is 1. The number of anilines is 1. The first-order chi connectivity index (χ1) is 18.4. The summed E-state index contributed by atoms with van der Waals surface area (Å²) in [6.45, 7) is 6.84. The van der Waals surface area contributed by atoms with Crippen molar-refractivity contribution in [1.29, 1.82) is 0 Å². The van der Waals surface area contributed by atoms with E-state index in [1.54, 1.807) is 6.21 Å². The number of oxime groups is 1. The highest BCUT2D eigenvalue weighted by Gasteiger charge is 2.35. The number of amides is 1. The van der Waals surface area contributed by atoms with Gasteiger partial charge in [-0.1, -0.05) is 62.3 Å². The Labute approximate surface area is 224 Å². The summed E-state index contributed by atoms with van der Waals surface area (Å²) in [5.74, 6) is -2.23. The molecule has 39 heavy (non-hydrogen) atoms. The van der Waals surface area contributed by atoms with Crippen LogP contribution in [-0.2, 0) is 16.4 Å². The van der Waals surface area contributed by atoms with Crippen LogP contribution >= 0.6 is 0 Å². The average molecular weight is 543 g/mol. The minimum absolute atomic E-state index is 0.0605. The molecule has 0 heterocycles. The molecule has 0 radical (unpaired) electrons. The Morgan fingerprint density at radius 1 is 0.949 bits per heavy atom. The van der Waals surface area contributed by atoms with Crippen molar-refractivity contribution >= 4 is 23.8 Å². The van der Waals surface area contributed by atoms with E-state index >= 15 is 0 Å². The van der Waals surface area contributed by atoms with Gasteiger partial charge in [0.05, 0.1) is 35.2 Å². The van der Waals surface area contributed by atoms with Gasteiger partial charge in [-0.3, -0.25) is 4.79 Å². The minimum atomic E-state index is -4.75. The summed E-state index contributed by atoms with van der Waals surface area (Å²) in [6, 6.07) is 16.1. The van der Waals surface area contributed by atoms with Crippen molar-refractivity contribution in [2.45, 2.75) is 38.8 Å². The molecule has 0 spiro atoms. The Morgan fingerprint density at radius 2 is 1.64 bits per heavy atom. The van der Waals surface area contributed by atoms with Crippen molar-refractivity contribution in [1.82, 2.24) is 0 Å². The molecule has 206 valence electrons. The summed E-state index contributed by atoms with van der Waals surface area (Å²) in [5.41, 5.74) is -0.0842. The third-order valence-electron chi connectivity index (χ3n) is 5.65. The average Bonchev–Trinajstić information content (AvgIpc) is 2.87. The molecule has 0 saturated carbocycles. The molecular weight excluding hydrogens is 513 g/mol. The Bertz CT molecular complexity index is 1330. The van der Waals surface area contributed by atoms with Crippen molar-refractivity contribution < 1.29 is 37.4 Å². The molecule has 0 saturated heterocycles. The second kappa shape index (κ2) is 12.5. The first-order valence-electron chi connectivity index (χ1n) is 12.1. The van der Waals surface area contributed by atoms with Crippen molar-refractivity contribution in [2.24, 2.45) is 5.16 Å². The number of carbonyl (C=O) groups excluding carboxylic acids is 1. The molecule has 0 fully saturated rings. The van der Waals surface area contributed by atoms with Gasteiger partial charge in [0.1, 0.15) is 12.4 Å². The number of carboxylic acid groups (broad SMARTS) is 1. The standard InChI is InChI=1S/C29H29F3N2O5/c1-28(2,3)20-11-9-19(10-12-20)18-33-39-16-6-15-38-21-13-14-23(27(36)37)25(17-21)34-26(35)22-7-4-5-8-24(22)29(30,31)32/h4-5,7-14,17-18H,6,15-16H2,1-3H3,(H,34,35)(H,36,37)/b33-18-. The van der Waals surface area contributed by atoms with Crippen LogP contribution < -0.4 is 10.1 Å². The molecule has 1 amide bonds. The number of alkyl halides is 3. The maximum atomic E-state index is 13.3. The fourth-order valence-corrected chi connectivity index (χ4v) is 3.55. The lowest BCUT2D eigenvalue weighted by atomic mass is 9.87. The maximum Gasteiger partial charge on any atom is 0.417 e. The molecule has 3 aromatic carbocycles. The van der Waals surface area contributed by atoms with E-state index in [0.29, 0.717) is 6.42 Å². The highest BCUT2D eigenvalue weighted by atomic mass is 19.4. The van der Waals surface area contributed by atoms with Crippen molar-refractivity contribution in [3.05, 3.63) is 94.5 Å². The molecule has 0 bridgehead atoms. The van der Waals surface area contributed by atoms with Crippen LogP contribution in [0.3, 0.4) is 0 Å². The molecule has 3 rings (SSSR count). The first kappa shape index (κ1) is 29.2. The molecule has 2 N–H and O–H groups in total. The fourth-order valence-electron chi connectivity index (χ4n) is 3.55. The number of nitrogens with zero attached hydrogens (tertiary/aromatic N) is 1. The molecule has 0 aromatic heterocycles. The van der Waals surface area contributed by atoms with Crippen LogP contribution in [0.1, 0.15) is 64.6 Å². The van der Waals surface area contributed by atoms with E-state index < -0.39 is 29.2 Å². The lowest BCUT2D eigenvalue weighted by molar-refractivity contribution is -0.137. The van der Waals surface area contributed by atoms with Crippen LogP contribution in [0.2, 0.25) is 0 Å². The lowest BCUT2D eigenvalue weighted by Crippen LogP contribution is -2.20. The number of nitrogens with one attached hydrogen (secondary N) is 1. The number of hydrogen-bond donors (Lipinski definition) is 2. The quantitative estimate of drug-likeness (QED) is 0.167.